The van der Waals surface area contributed by atoms with Gasteiger partial charge in [-0.1, -0.05) is 12.8 Å². The number of anilines is 1. The quantitative estimate of drug-likeness (QED) is 0.892. The predicted molar refractivity (Wildman–Crippen MR) is 82.0 cm³/mol. The maximum absolute atomic E-state index is 11.5. The van der Waals surface area contributed by atoms with E-state index in [0.29, 0.717) is 16.6 Å². The van der Waals surface area contributed by atoms with Crippen molar-refractivity contribution in [1.29, 1.82) is 0 Å². The van der Waals surface area contributed by atoms with Crippen LogP contribution in [0.3, 0.4) is 0 Å². The highest BCUT2D eigenvalue weighted by Crippen LogP contribution is 2.60. The fourth-order valence-electron chi connectivity index (χ4n) is 5.28. The van der Waals surface area contributed by atoms with Gasteiger partial charge in [0, 0.05) is 49.4 Å². The molecule has 118 valence electrons. The first-order valence-corrected chi connectivity index (χ1v) is 8.03. The van der Waals surface area contributed by atoms with Crippen molar-refractivity contribution in [2.75, 3.05) is 38.1 Å². The van der Waals surface area contributed by atoms with Crippen LogP contribution in [0.15, 0.2) is 12.4 Å². The summed E-state index contributed by atoms with van der Waals surface area (Å²) in [5.41, 5.74) is 0.681. The summed E-state index contributed by atoms with van der Waals surface area (Å²) in [4.78, 5) is 24.5. The van der Waals surface area contributed by atoms with Crippen LogP contribution in [0.25, 0.3) is 0 Å². The molecule has 0 spiro atoms. The van der Waals surface area contributed by atoms with Gasteiger partial charge in [-0.15, -0.1) is 0 Å². The van der Waals surface area contributed by atoms with E-state index in [4.69, 9.17) is 0 Å². The van der Waals surface area contributed by atoms with Crippen molar-refractivity contribution in [2.24, 2.45) is 10.8 Å². The first kappa shape index (κ1) is 13.9. The highest BCUT2D eigenvalue weighted by Gasteiger charge is 2.62. The zero-order chi connectivity index (χ0) is 15.4. The minimum atomic E-state index is -0.991. The van der Waals surface area contributed by atoms with Crippen LogP contribution in [0.2, 0.25) is 0 Å². The Hall–Kier alpha value is -1.69. The summed E-state index contributed by atoms with van der Waals surface area (Å²) in [6, 6.07) is 0. The summed E-state index contributed by atoms with van der Waals surface area (Å²) in [5.74, 6) is -0.442. The number of aromatic carboxylic acids is 1. The van der Waals surface area contributed by atoms with E-state index in [1.807, 2.05) is 0 Å². The molecule has 0 radical (unpaired) electrons. The van der Waals surface area contributed by atoms with Gasteiger partial charge < -0.3 is 14.9 Å². The average molecular weight is 302 g/mol. The second-order valence-electron chi connectivity index (χ2n) is 7.33. The molecule has 4 rings (SSSR count). The molecule has 6 heteroatoms. The second kappa shape index (κ2) is 4.65. The molecule has 2 atom stereocenters. The predicted octanol–water partition coefficient (Wildman–Crippen LogP) is 1.49. The lowest BCUT2D eigenvalue weighted by molar-refractivity contribution is 0.0690. The molecule has 3 heterocycles. The summed E-state index contributed by atoms with van der Waals surface area (Å²) in [7, 11) is 2.21. The van der Waals surface area contributed by atoms with Crippen molar-refractivity contribution in [3.05, 3.63) is 18.1 Å². The molecule has 2 aliphatic heterocycles. The molecule has 2 saturated heterocycles. The van der Waals surface area contributed by atoms with Crippen LogP contribution in [0.4, 0.5) is 5.82 Å². The zero-order valence-corrected chi connectivity index (χ0v) is 13.0. The van der Waals surface area contributed by atoms with Crippen LogP contribution >= 0.6 is 0 Å². The van der Waals surface area contributed by atoms with E-state index < -0.39 is 5.97 Å². The Morgan fingerprint density at radius 2 is 1.68 bits per heavy atom. The molecule has 0 bridgehead atoms. The third-order valence-corrected chi connectivity index (χ3v) is 6.00. The Bertz CT molecular complexity index is 598. The van der Waals surface area contributed by atoms with Gasteiger partial charge >= 0.3 is 5.97 Å². The van der Waals surface area contributed by atoms with Crippen molar-refractivity contribution < 1.29 is 9.90 Å². The molecule has 2 unspecified atom stereocenters. The molecular weight excluding hydrogens is 280 g/mol. The molecule has 3 fully saturated rings. The molecule has 1 N–H and O–H groups in total. The van der Waals surface area contributed by atoms with Crippen molar-refractivity contribution in [2.45, 2.75) is 25.7 Å². The fraction of sp³-hybridized carbons (Fsp3) is 0.688. The number of rotatable bonds is 2. The summed E-state index contributed by atoms with van der Waals surface area (Å²) >= 11 is 0. The number of hydrogen-bond donors (Lipinski definition) is 1. The van der Waals surface area contributed by atoms with E-state index in [0.717, 1.165) is 26.2 Å². The minimum absolute atomic E-state index is 0.0837. The molecule has 1 aromatic rings. The second-order valence-corrected chi connectivity index (χ2v) is 7.33. The minimum Gasteiger partial charge on any atom is -0.476 e. The van der Waals surface area contributed by atoms with Gasteiger partial charge in [0.1, 0.15) is 0 Å². The molecule has 1 aliphatic carbocycles. The lowest BCUT2D eigenvalue weighted by Gasteiger charge is -2.42. The molecule has 0 amide bonds. The number of likely N-dealkylation sites (tertiary alicyclic amines) is 1. The van der Waals surface area contributed by atoms with Crippen LogP contribution in [-0.4, -0.2) is 59.2 Å². The van der Waals surface area contributed by atoms with Crippen LogP contribution < -0.4 is 4.90 Å². The lowest BCUT2D eigenvalue weighted by atomic mass is 9.60. The van der Waals surface area contributed by atoms with E-state index in [2.05, 4.69) is 26.8 Å². The number of hydrogen-bond acceptors (Lipinski definition) is 5. The Morgan fingerprint density at radius 1 is 1.09 bits per heavy atom. The largest absolute Gasteiger partial charge is 0.476 e. The topological polar surface area (TPSA) is 69.6 Å². The average Bonchev–Trinajstić information content (AvgIpc) is 2.95. The Labute approximate surface area is 130 Å². The number of carbonyl (C=O) groups is 1. The van der Waals surface area contributed by atoms with Crippen molar-refractivity contribution in [1.82, 2.24) is 14.9 Å². The standard InChI is InChI=1S/C16H22N4O2/c1-19-8-15-4-2-3-5-16(15,9-19)11-20(10-15)13-12(14(21)22)17-6-7-18-13/h6-7H,2-5,8-11H2,1H3,(H,21,22). The van der Waals surface area contributed by atoms with E-state index in [1.54, 1.807) is 6.20 Å². The molecule has 1 saturated carbocycles. The smallest absolute Gasteiger partial charge is 0.358 e. The van der Waals surface area contributed by atoms with E-state index in [9.17, 15) is 9.90 Å². The number of carboxylic acid groups (broad SMARTS) is 1. The van der Waals surface area contributed by atoms with Crippen LogP contribution in [0.5, 0.6) is 0 Å². The third-order valence-electron chi connectivity index (χ3n) is 6.00. The molecule has 1 aromatic heterocycles. The number of nitrogens with zero attached hydrogens (tertiary/aromatic N) is 4. The molecular formula is C16H22N4O2. The molecule has 3 aliphatic rings. The van der Waals surface area contributed by atoms with Gasteiger partial charge in [-0.05, 0) is 19.9 Å². The fourth-order valence-corrected chi connectivity index (χ4v) is 5.28. The van der Waals surface area contributed by atoms with Crippen LogP contribution in [-0.2, 0) is 0 Å². The third kappa shape index (κ3) is 1.79. The monoisotopic (exact) mass is 302 g/mol. The molecule has 22 heavy (non-hydrogen) atoms. The van der Waals surface area contributed by atoms with Crippen LogP contribution in [0.1, 0.15) is 36.2 Å². The highest BCUT2D eigenvalue weighted by atomic mass is 16.4. The summed E-state index contributed by atoms with van der Waals surface area (Å²) < 4.78 is 0. The summed E-state index contributed by atoms with van der Waals surface area (Å²) in [6.07, 6.45) is 8.13. The van der Waals surface area contributed by atoms with Crippen LogP contribution in [0, 0.1) is 10.8 Å². The SMILES string of the molecule is CN1CC23CCCCC2(C1)CN(c1nccnc1C(=O)O)C3. The Morgan fingerprint density at radius 3 is 2.27 bits per heavy atom. The van der Waals surface area contributed by atoms with Gasteiger partial charge in [-0.3, -0.25) is 0 Å². The van der Waals surface area contributed by atoms with Gasteiger partial charge in [0.2, 0.25) is 0 Å². The van der Waals surface area contributed by atoms with Gasteiger partial charge in [0.25, 0.3) is 0 Å². The lowest BCUT2D eigenvalue weighted by Crippen LogP contribution is -2.42. The van der Waals surface area contributed by atoms with E-state index in [-0.39, 0.29) is 5.69 Å². The first-order chi connectivity index (χ1) is 10.6. The maximum Gasteiger partial charge on any atom is 0.358 e. The normalized spacial score (nSPS) is 34.5. The molecule has 6 nitrogen and oxygen atoms in total. The summed E-state index contributed by atoms with van der Waals surface area (Å²) in [6.45, 7) is 4.06. The highest BCUT2D eigenvalue weighted by molar-refractivity contribution is 5.91. The van der Waals surface area contributed by atoms with E-state index >= 15 is 0 Å². The Kier molecular flexibility index (Phi) is 2.95. The van der Waals surface area contributed by atoms with Gasteiger partial charge in [-0.25, -0.2) is 14.8 Å². The van der Waals surface area contributed by atoms with Crippen molar-refractivity contribution >= 4 is 11.8 Å². The van der Waals surface area contributed by atoms with Gasteiger partial charge in [-0.2, -0.15) is 0 Å². The van der Waals surface area contributed by atoms with Gasteiger partial charge in [0.05, 0.1) is 0 Å². The van der Waals surface area contributed by atoms with Crippen molar-refractivity contribution in [3.8, 4) is 0 Å². The molecule has 0 aromatic carbocycles. The maximum atomic E-state index is 11.5. The van der Waals surface area contributed by atoms with Crippen molar-refractivity contribution in [3.63, 3.8) is 0 Å². The first-order valence-electron chi connectivity index (χ1n) is 8.03. The van der Waals surface area contributed by atoms with Gasteiger partial charge in [0.15, 0.2) is 11.5 Å². The number of carboxylic acids is 1. The van der Waals surface area contributed by atoms with E-state index in [1.165, 1.54) is 31.9 Å². The Balaban J connectivity index is 1.72. The summed E-state index contributed by atoms with van der Waals surface area (Å²) in [5, 5.41) is 9.39. The zero-order valence-electron chi connectivity index (χ0n) is 13.0. The number of aromatic nitrogens is 2.